The van der Waals surface area contributed by atoms with Gasteiger partial charge in [-0.3, -0.25) is 0 Å². The molecular formula is C13H18OS. The smallest absolute Gasteiger partial charge is 0.109 e. The van der Waals surface area contributed by atoms with Crippen LogP contribution >= 0.6 is 11.3 Å². The van der Waals surface area contributed by atoms with Crippen LogP contribution in [0.15, 0.2) is 23.6 Å². The summed E-state index contributed by atoms with van der Waals surface area (Å²) in [6.07, 6.45) is 5.98. The summed E-state index contributed by atoms with van der Waals surface area (Å²) in [6.45, 7) is 6.50. The second-order valence-corrected chi connectivity index (χ2v) is 6.31. The average molecular weight is 222 g/mol. The highest BCUT2D eigenvalue weighted by Crippen LogP contribution is 2.40. The third-order valence-corrected chi connectivity index (χ3v) is 4.05. The Kier molecular flexibility index (Phi) is 2.52. The molecule has 82 valence electrons. The minimum absolute atomic E-state index is 0.233. The Bertz CT molecular complexity index is 389. The molecule has 2 heteroatoms. The molecule has 0 saturated heterocycles. The summed E-state index contributed by atoms with van der Waals surface area (Å²) in [7, 11) is 0. The summed E-state index contributed by atoms with van der Waals surface area (Å²) in [4.78, 5) is 1.26. The Hall–Kier alpha value is -0.600. The molecule has 1 aliphatic rings. The van der Waals surface area contributed by atoms with E-state index in [1.807, 2.05) is 6.08 Å². The zero-order valence-corrected chi connectivity index (χ0v) is 10.4. The molecule has 15 heavy (non-hydrogen) atoms. The van der Waals surface area contributed by atoms with Crippen molar-refractivity contribution in [2.75, 3.05) is 0 Å². The first kappa shape index (κ1) is 10.9. The normalized spacial score (nSPS) is 29.3. The number of thiophene rings is 1. The van der Waals surface area contributed by atoms with Gasteiger partial charge in [0.25, 0.3) is 0 Å². The lowest BCUT2D eigenvalue weighted by Gasteiger charge is -2.34. The summed E-state index contributed by atoms with van der Waals surface area (Å²) in [5.41, 5.74) is 0.564. The van der Waals surface area contributed by atoms with Crippen LogP contribution < -0.4 is 0 Å². The summed E-state index contributed by atoms with van der Waals surface area (Å²) >= 11 is 1.70. The van der Waals surface area contributed by atoms with Crippen LogP contribution in [0, 0.1) is 12.3 Å². The Morgan fingerprint density at radius 1 is 1.27 bits per heavy atom. The molecule has 0 radical (unpaired) electrons. The number of allylic oxidation sites excluding steroid dienone is 1. The van der Waals surface area contributed by atoms with Crippen molar-refractivity contribution < 1.29 is 5.11 Å². The highest BCUT2D eigenvalue weighted by atomic mass is 32.1. The average Bonchev–Trinajstić information content (AvgIpc) is 2.59. The van der Waals surface area contributed by atoms with Gasteiger partial charge in [-0.05, 0) is 42.2 Å². The van der Waals surface area contributed by atoms with Crippen LogP contribution in [0.3, 0.4) is 0 Å². The largest absolute Gasteiger partial charge is 0.381 e. The lowest BCUT2D eigenvalue weighted by Crippen LogP contribution is -2.29. The van der Waals surface area contributed by atoms with Crippen LogP contribution in [-0.2, 0) is 5.60 Å². The first-order chi connectivity index (χ1) is 6.91. The van der Waals surface area contributed by atoms with E-state index in [1.165, 1.54) is 4.88 Å². The van der Waals surface area contributed by atoms with Gasteiger partial charge in [0, 0.05) is 4.88 Å². The molecular weight excluding hydrogens is 204 g/mol. The Balaban J connectivity index is 2.30. The lowest BCUT2D eigenvalue weighted by molar-refractivity contribution is 0.0585. The summed E-state index contributed by atoms with van der Waals surface area (Å²) in [6, 6.07) is 2.09. The molecule has 1 N–H and O–H groups in total. The van der Waals surface area contributed by atoms with E-state index >= 15 is 0 Å². The third kappa shape index (κ3) is 2.16. The molecule has 0 spiro atoms. The van der Waals surface area contributed by atoms with E-state index in [1.54, 1.807) is 11.3 Å². The summed E-state index contributed by atoms with van der Waals surface area (Å²) < 4.78 is 0. The van der Waals surface area contributed by atoms with Gasteiger partial charge in [0.05, 0.1) is 0 Å². The van der Waals surface area contributed by atoms with Gasteiger partial charge in [-0.1, -0.05) is 26.0 Å². The summed E-state index contributed by atoms with van der Waals surface area (Å²) in [5, 5.41) is 12.6. The number of hydrogen-bond donors (Lipinski definition) is 1. The predicted molar refractivity (Wildman–Crippen MR) is 65.1 cm³/mol. The van der Waals surface area contributed by atoms with E-state index in [2.05, 4.69) is 38.3 Å². The van der Waals surface area contributed by atoms with Crippen molar-refractivity contribution in [2.45, 2.75) is 39.2 Å². The van der Waals surface area contributed by atoms with Crippen LogP contribution in [0.25, 0.3) is 0 Å². The molecule has 1 aromatic rings. The number of hydrogen-bond acceptors (Lipinski definition) is 2. The molecule has 0 fully saturated rings. The number of rotatable bonds is 1. The molecule has 0 amide bonds. The van der Waals surface area contributed by atoms with E-state index in [-0.39, 0.29) is 5.41 Å². The van der Waals surface area contributed by atoms with E-state index < -0.39 is 5.60 Å². The SMILES string of the molecule is Cc1cc(C2(O)C=CC(C)(C)CC2)cs1. The van der Waals surface area contributed by atoms with E-state index in [0.717, 1.165) is 18.4 Å². The second-order valence-electron chi connectivity index (χ2n) is 5.19. The zero-order valence-electron chi connectivity index (χ0n) is 9.58. The maximum Gasteiger partial charge on any atom is 0.109 e. The quantitative estimate of drug-likeness (QED) is 0.720. The van der Waals surface area contributed by atoms with Gasteiger partial charge in [-0.25, -0.2) is 0 Å². The standard InChI is InChI=1S/C13H18OS/c1-10-8-11(9-15-10)13(14)6-4-12(2,3)5-7-13/h4,6,8-9,14H,5,7H2,1-3H3. The fourth-order valence-corrected chi connectivity index (χ4v) is 2.73. The molecule has 0 aliphatic heterocycles. The van der Waals surface area contributed by atoms with Gasteiger partial charge in [-0.2, -0.15) is 0 Å². The first-order valence-electron chi connectivity index (χ1n) is 5.40. The Morgan fingerprint density at radius 2 is 2.00 bits per heavy atom. The van der Waals surface area contributed by atoms with Crippen molar-refractivity contribution in [3.63, 3.8) is 0 Å². The molecule has 0 aromatic carbocycles. The van der Waals surface area contributed by atoms with Gasteiger partial charge < -0.3 is 5.11 Å². The lowest BCUT2D eigenvalue weighted by atomic mass is 9.75. The molecule has 2 rings (SSSR count). The molecule has 1 unspecified atom stereocenters. The molecule has 0 saturated carbocycles. The fraction of sp³-hybridized carbons (Fsp3) is 0.538. The number of aliphatic hydroxyl groups is 1. The Morgan fingerprint density at radius 3 is 2.47 bits per heavy atom. The third-order valence-electron chi connectivity index (χ3n) is 3.19. The van der Waals surface area contributed by atoms with Crippen LogP contribution in [0.2, 0.25) is 0 Å². The Labute approximate surface area is 95.5 Å². The van der Waals surface area contributed by atoms with Crippen LogP contribution in [0.4, 0.5) is 0 Å². The van der Waals surface area contributed by atoms with Gasteiger partial charge in [0.15, 0.2) is 0 Å². The van der Waals surface area contributed by atoms with Crippen LogP contribution in [-0.4, -0.2) is 5.11 Å². The van der Waals surface area contributed by atoms with Crippen LogP contribution in [0.1, 0.15) is 37.1 Å². The van der Waals surface area contributed by atoms with Crippen molar-refractivity contribution in [1.29, 1.82) is 0 Å². The van der Waals surface area contributed by atoms with Crippen molar-refractivity contribution in [3.05, 3.63) is 34.0 Å². The van der Waals surface area contributed by atoms with E-state index in [9.17, 15) is 5.11 Å². The van der Waals surface area contributed by atoms with Gasteiger partial charge in [0.1, 0.15) is 5.60 Å². The topological polar surface area (TPSA) is 20.2 Å². The monoisotopic (exact) mass is 222 g/mol. The van der Waals surface area contributed by atoms with E-state index in [4.69, 9.17) is 0 Å². The predicted octanol–water partition coefficient (Wildman–Crippen LogP) is 3.62. The van der Waals surface area contributed by atoms with Crippen molar-refractivity contribution in [1.82, 2.24) is 0 Å². The maximum atomic E-state index is 10.5. The minimum atomic E-state index is -0.722. The second kappa shape index (κ2) is 3.46. The molecule has 1 atom stereocenters. The van der Waals surface area contributed by atoms with Gasteiger partial charge in [0.2, 0.25) is 0 Å². The maximum absolute atomic E-state index is 10.5. The molecule has 1 aromatic heterocycles. The van der Waals surface area contributed by atoms with Crippen LogP contribution in [0.5, 0.6) is 0 Å². The highest BCUT2D eigenvalue weighted by molar-refractivity contribution is 7.10. The van der Waals surface area contributed by atoms with Crippen molar-refractivity contribution in [2.24, 2.45) is 5.41 Å². The molecule has 1 heterocycles. The zero-order chi connectivity index (χ0) is 11.1. The number of aryl methyl sites for hydroxylation is 1. The fourth-order valence-electron chi connectivity index (χ4n) is 1.95. The molecule has 1 nitrogen and oxygen atoms in total. The molecule has 0 bridgehead atoms. The van der Waals surface area contributed by atoms with Gasteiger partial charge in [-0.15, -0.1) is 11.3 Å². The highest BCUT2D eigenvalue weighted by Gasteiger charge is 2.33. The minimum Gasteiger partial charge on any atom is -0.381 e. The van der Waals surface area contributed by atoms with E-state index in [0.29, 0.717) is 0 Å². The van der Waals surface area contributed by atoms with Gasteiger partial charge >= 0.3 is 0 Å². The van der Waals surface area contributed by atoms with Crippen molar-refractivity contribution >= 4 is 11.3 Å². The summed E-state index contributed by atoms with van der Waals surface area (Å²) in [5.74, 6) is 0. The first-order valence-corrected chi connectivity index (χ1v) is 6.28. The van der Waals surface area contributed by atoms with Crippen molar-refractivity contribution in [3.8, 4) is 0 Å². The molecule has 1 aliphatic carbocycles.